The van der Waals surface area contributed by atoms with E-state index in [-0.39, 0.29) is 17.3 Å². The van der Waals surface area contributed by atoms with Gasteiger partial charge in [-0.3, -0.25) is 9.59 Å². The Morgan fingerprint density at radius 1 is 1.15 bits per heavy atom. The summed E-state index contributed by atoms with van der Waals surface area (Å²) in [6.45, 7) is 2.13. The second-order valence-corrected chi connectivity index (χ2v) is 8.20. The molecule has 0 aliphatic rings. The van der Waals surface area contributed by atoms with Crippen molar-refractivity contribution in [3.63, 3.8) is 0 Å². The molecule has 7 nitrogen and oxygen atoms in total. The normalized spacial score (nSPS) is 11.1. The van der Waals surface area contributed by atoms with Crippen LogP contribution in [-0.2, 0) is 14.8 Å². The van der Waals surface area contributed by atoms with Gasteiger partial charge in [-0.2, -0.15) is 0 Å². The van der Waals surface area contributed by atoms with Gasteiger partial charge >= 0.3 is 0 Å². The minimum atomic E-state index is -3.62. The molecule has 0 atom stereocenters. The van der Waals surface area contributed by atoms with Gasteiger partial charge in [0.25, 0.3) is 5.91 Å². The fraction of sp³-hybridized carbons (Fsp3) is 0.294. The zero-order chi connectivity index (χ0) is 19.0. The highest BCUT2D eigenvalue weighted by atomic mass is 32.2. The molecule has 26 heavy (non-hydrogen) atoms. The topological polar surface area (TPSA) is 104 Å². The summed E-state index contributed by atoms with van der Waals surface area (Å²) >= 11 is 1.28. The lowest BCUT2D eigenvalue weighted by Crippen LogP contribution is -2.32. The van der Waals surface area contributed by atoms with E-state index in [1.54, 1.807) is 29.6 Å². The molecule has 1 heterocycles. The number of unbranched alkanes of at least 4 members (excludes halogenated alkanes) is 1. The summed E-state index contributed by atoms with van der Waals surface area (Å²) in [7, 11) is -3.62. The molecule has 0 fully saturated rings. The van der Waals surface area contributed by atoms with Crippen molar-refractivity contribution < 1.29 is 18.0 Å². The van der Waals surface area contributed by atoms with Gasteiger partial charge in [0, 0.05) is 12.2 Å². The monoisotopic (exact) mass is 395 g/mol. The lowest BCUT2D eigenvalue weighted by Gasteiger charge is -2.09. The fourth-order valence-corrected chi connectivity index (χ4v) is 3.83. The van der Waals surface area contributed by atoms with Gasteiger partial charge in [0.2, 0.25) is 15.9 Å². The molecule has 140 valence electrons. The van der Waals surface area contributed by atoms with Gasteiger partial charge in [0.15, 0.2) is 0 Å². The maximum Gasteiger partial charge on any atom is 0.261 e. The van der Waals surface area contributed by atoms with E-state index in [0.29, 0.717) is 17.1 Å². The molecule has 0 radical (unpaired) electrons. The van der Waals surface area contributed by atoms with Gasteiger partial charge in [0.1, 0.15) is 0 Å². The molecule has 3 N–H and O–H groups in total. The first-order valence-electron chi connectivity index (χ1n) is 8.13. The van der Waals surface area contributed by atoms with E-state index < -0.39 is 15.9 Å². The highest BCUT2D eigenvalue weighted by Gasteiger charge is 2.14. The lowest BCUT2D eigenvalue weighted by molar-refractivity contribution is -0.115. The highest BCUT2D eigenvalue weighted by molar-refractivity contribution is 7.89. The second-order valence-electron chi connectivity index (χ2n) is 5.49. The molecular weight excluding hydrogens is 374 g/mol. The SMILES string of the molecule is CCCCNS(=O)(=O)c1cccc(NC(=O)CNC(=O)c2cccs2)c1. The van der Waals surface area contributed by atoms with Crippen molar-refractivity contribution in [1.29, 1.82) is 0 Å². The summed E-state index contributed by atoms with van der Waals surface area (Å²) in [5.74, 6) is -0.769. The Bertz CT molecular complexity index is 849. The van der Waals surface area contributed by atoms with Crippen molar-refractivity contribution in [2.24, 2.45) is 0 Å². The number of thiophene rings is 1. The van der Waals surface area contributed by atoms with Gasteiger partial charge in [-0.15, -0.1) is 11.3 Å². The van der Waals surface area contributed by atoms with Gasteiger partial charge in [-0.05, 0) is 36.1 Å². The van der Waals surface area contributed by atoms with Crippen molar-refractivity contribution in [1.82, 2.24) is 10.0 Å². The predicted octanol–water partition coefficient (Wildman–Crippen LogP) is 2.19. The van der Waals surface area contributed by atoms with Crippen molar-refractivity contribution in [3.8, 4) is 0 Å². The number of anilines is 1. The minimum absolute atomic E-state index is 0.0778. The first-order valence-corrected chi connectivity index (χ1v) is 10.5. The minimum Gasteiger partial charge on any atom is -0.342 e. The van der Waals surface area contributed by atoms with Gasteiger partial charge in [-0.1, -0.05) is 25.5 Å². The van der Waals surface area contributed by atoms with Gasteiger partial charge in [0.05, 0.1) is 16.3 Å². The van der Waals surface area contributed by atoms with Crippen LogP contribution in [0.1, 0.15) is 29.4 Å². The molecule has 0 saturated heterocycles. The summed E-state index contributed by atoms with van der Waals surface area (Å²) in [6, 6.07) is 9.39. The van der Waals surface area contributed by atoms with Crippen LogP contribution in [0, 0.1) is 0 Å². The van der Waals surface area contributed by atoms with E-state index in [4.69, 9.17) is 0 Å². The molecule has 2 amide bonds. The number of benzene rings is 1. The van der Waals surface area contributed by atoms with E-state index in [1.807, 2.05) is 6.92 Å². The fourth-order valence-electron chi connectivity index (χ4n) is 2.07. The summed E-state index contributed by atoms with van der Waals surface area (Å²) in [5, 5.41) is 6.87. The Balaban J connectivity index is 1.93. The Morgan fingerprint density at radius 3 is 2.65 bits per heavy atom. The largest absolute Gasteiger partial charge is 0.342 e. The number of hydrogen-bond donors (Lipinski definition) is 3. The zero-order valence-electron chi connectivity index (χ0n) is 14.3. The smallest absolute Gasteiger partial charge is 0.261 e. The first-order chi connectivity index (χ1) is 12.4. The van der Waals surface area contributed by atoms with Crippen molar-refractivity contribution in [3.05, 3.63) is 46.7 Å². The molecule has 0 saturated carbocycles. The Morgan fingerprint density at radius 2 is 1.96 bits per heavy atom. The third kappa shape index (κ3) is 5.94. The second kappa shape index (κ2) is 9.46. The van der Waals surface area contributed by atoms with E-state index in [9.17, 15) is 18.0 Å². The highest BCUT2D eigenvalue weighted by Crippen LogP contribution is 2.15. The average Bonchev–Trinajstić information content (AvgIpc) is 3.15. The van der Waals surface area contributed by atoms with E-state index in [0.717, 1.165) is 12.8 Å². The summed E-state index contributed by atoms with van der Waals surface area (Å²) < 4.78 is 26.9. The Hall–Kier alpha value is -2.23. The number of sulfonamides is 1. The molecule has 0 aliphatic carbocycles. The van der Waals surface area contributed by atoms with Crippen molar-refractivity contribution >= 4 is 38.9 Å². The van der Waals surface area contributed by atoms with Crippen LogP contribution in [0.3, 0.4) is 0 Å². The number of rotatable bonds is 9. The number of nitrogens with one attached hydrogen (secondary N) is 3. The van der Waals surface area contributed by atoms with Crippen LogP contribution in [-0.4, -0.2) is 33.3 Å². The molecule has 1 aromatic heterocycles. The molecule has 2 aromatic rings. The molecule has 0 aliphatic heterocycles. The molecule has 0 bridgehead atoms. The zero-order valence-corrected chi connectivity index (χ0v) is 16.0. The lowest BCUT2D eigenvalue weighted by atomic mass is 10.3. The van der Waals surface area contributed by atoms with Crippen LogP contribution in [0.25, 0.3) is 0 Å². The number of amides is 2. The molecule has 9 heteroatoms. The summed E-state index contributed by atoms with van der Waals surface area (Å²) in [4.78, 5) is 24.4. The quantitative estimate of drug-likeness (QED) is 0.566. The van der Waals surface area contributed by atoms with Crippen LogP contribution in [0.5, 0.6) is 0 Å². The summed E-state index contributed by atoms with van der Waals surface area (Å²) in [5.41, 5.74) is 0.346. The van der Waals surface area contributed by atoms with Crippen molar-refractivity contribution in [2.75, 3.05) is 18.4 Å². The molecule has 1 aromatic carbocycles. The standard InChI is InChI=1S/C17H21N3O4S2/c1-2-3-9-19-26(23,24)14-7-4-6-13(11-14)20-16(21)12-18-17(22)15-8-5-10-25-15/h4-8,10-11,19H,2-3,9,12H2,1H3,(H,18,22)(H,20,21). The first kappa shape index (κ1) is 20.1. The Labute approximate surface area is 156 Å². The summed E-state index contributed by atoms with van der Waals surface area (Å²) in [6.07, 6.45) is 1.63. The number of carbonyl (C=O) groups excluding carboxylic acids is 2. The average molecular weight is 396 g/mol. The third-order valence-corrected chi connectivity index (χ3v) is 5.73. The molecule has 0 spiro atoms. The van der Waals surface area contributed by atoms with Gasteiger partial charge in [-0.25, -0.2) is 13.1 Å². The van der Waals surface area contributed by atoms with Crippen LogP contribution < -0.4 is 15.4 Å². The van der Waals surface area contributed by atoms with Gasteiger partial charge < -0.3 is 10.6 Å². The Kier molecular flexibility index (Phi) is 7.31. The van der Waals surface area contributed by atoms with Crippen LogP contribution in [0.2, 0.25) is 0 Å². The van der Waals surface area contributed by atoms with Crippen LogP contribution in [0.15, 0.2) is 46.7 Å². The number of carbonyl (C=O) groups is 2. The predicted molar refractivity (Wildman–Crippen MR) is 102 cm³/mol. The number of hydrogen-bond acceptors (Lipinski definition) is 5. The van der Waals surface area contributed by atoms with Crippen LogP contribution in [0.4, 0.5) is 5.69 Å². The van der Waals surface area contributed by atoms with E-state index in [1.165, 1.54) is 23.5 Å². The molecule has 0 unspecified atom stereocenters. The van der Waals surface area contributed by atoms with Crippen molar-refractivity contribution in [2.45, 2.75) is 24.7 Å². The van der Waals surface area contributed by atoms with Crippen LogP contribution >= 0.6 is 11.3 Å². The maximum atomic E-state index is 12.2. The maximum absolute atomic E-state index is 12.2. The molecule has 2 rings (SSSR count). The van der Waals surface area contributed by atoms with E-state index >= 15 is 0 Å². The van der Waals surface area contributed by atoms with E-state index in [2.05, 4.69) is 15.4 Å². The molecular formula is C17H21N3O4S2. The third-order valence-electron chi connectivity index (χ3n) is 3.40.